The third-order valence-corrected chi connectivity index (χ3v) is 3.67. The third kappa shape index (κ3) is 5.57. The number of carbonyl (C=O) groups excluding carboxylic acids is 1. The molecule has 6 nitrogen and oxygen atoms in total. The molecule has 110 valence electrons. The molecule has 0 aliphatic carbocycles. The van der Waals surface area contributed by atoms with Crippen LogP contribution in [-0.4, -0.2) is 66.1 Å². The fourth-order valence-electron chi connectivity index (χ4n) is 2.34. The summed E-state index contributed by atoms with van der Waals surface area (Å²) in [7, 11) is 0. The quantitative estimate of drug-likeness (QED) is 0.709. The molecule has 0 bridgehead atoms. The Balaban J connectivity index is 2.43. The van der Waals surface area contributed by atoms with Gasteiger partial charge in [0.05, 0.1) is 6.54 Å². The van der Waals surface area contributed by atoms with Crippen molar-refractivity contribution < 1.29 is 14.7 Å². The maximum atomic E-state index is 12.1. The Bertz CT molecular complexity index is 306. The number of carbonyl (C=O) groups is 2. The maximum absolute atomic E-state index is 12.1. The van der Waals surface area contributed by atoms with E-state index < -0.39 is 5.97 Å². The molecular weight excluding hydrogens is 246 g/mol. The van der Waals surface area contributed by atoms with Gasteiger partial charge in [-0.1, -0.05) is 13.3 Å². The standard InChI is InChI=1S/C13H25N3O3/c1-2-11(9-14)8-12(17)16-5-3-4-15(6-7-16)10-13(18)19/h11H,2-10,14H2,1H3,(H,18,19). The van der Waals surface area contributed by atoms with E-state index in [1.807, 2.05) is 16.7 Å². The first-order valence-corrected chi connectivity index (χ1v) is 6.98. The first-order valence-electron chi connectivity index (χ1n) is 6.98. The molecule has 3 N–H and O–H groups in total. The van der Waals surface area contributed by atoms with E-state index in [9.17, 15) is 9.59 Å². The fourth-order valence-corrected chi connectivity index (χ4v) is 2.34. The van der Waals surface area contributed by atoms with Crippen LogP contribution in [0.2, 0.25) is 0 Å². The molecule has 0 spiro atoms. The molecule has 1 saturated heterocycles. The van der Waals surface area contributed by atoms with E-state index >= 15 is 0 Å². The van der Waals surface area contributed by atoms with Gasteiger partial charge in [0.25, 0.3) is 0 Å². The van der Waals surface area contributed by atoms with Gasteiger partial charge >= 0.3 is 5.97 Å². The van der Waals surface area contributed by atoms with Crippen molar-refractivity contribution in [3.8, 4) is 0 Å². The second-order valence-electron chi connectivity index (χ2n) is 5.12. The first-order chi connectivity index (χ1) is 9.06. The van der Waals surface area contributed by atoms with Crippen LogP contribution < -0.4 is 5.73 Å². The molecule has 0 aromatic heterocycles. The van der Waals surface area contributed by atoms with Gasteiger partial charge in [-0.3, -0.25) is 14.5 Å². The second-order valence-corrected chi connectivity index (χ2v) is 5.12. The first kappa shape index (κ1) is 15.9. The third-order valence-electron chi connectivity index (χ3n) is 3.67. The van der Waals surface area contributed by atoms with Gasteiger partial charge in [-0.2, -0.15) is 0 Å². The molecule has 1 fully saturated rings. The van der Waals surface area contributed by atoms with Gasteiger partial charge in [0, 0.05) is 32.6 Å². The van der Waals surface area contributed by atoms with Crippen molar-refractivity contribution in [3.63, 3.8) is 0 Å². The van der Waals surface area contributed by atoms with Crippen molar-refractivity contribution in [2.75, 3.05) is 39.3 Å². The number of carboxylic acids is 1. The normalized spacial score (nSPS) is 18.9. The number of rotatable bonds is 6. The number of hydrogen-bond donors (Lipinski definition) is 2. The molecule has 0 aromatic rings. The molecule has 6 heteroatoms. The zero-order valence-electron chi connectivity index (χ0n) is 11.7. The lowest BCUT2D eigenvalue weighted by Gasteiger charge is -2.23. The Labute approximate surface area is 114 Å². The average Bonchev–Trinajstić information content (AvgIpc) is 2.60. The number of nitrogens with zero attached hydrogens (tertiary/aromatic N) is 2. The minimum Gasteiger partial charge on any atom is -0.480 e. The Morgan fingerprint density at radius 1 is 1.26 bits per heavy atom. The number of amides is 1. The minimum atomic E-state index is -0.811. The lowest BCUT2D eigenvalue weighted by Crippen LogP contribution is -2.37. The zero-order chi connectivity index (χ0) is 14.3. The predicted molar refractivity (Wildman–Crippen MR) is 72.7 cm³/mol. The highest BCUT2D eigenvalue weighted by atomic mass is 16.4. The Morgan fingerprint density at radius 2 is 2.00 bits per heavy atom. The lowest BCUT2D eigenvalue weighted by atomic mass is 10.0. The molecule has 1 unspecified atom stereocenters. The summed E-state index contributed by atoms with van der Waals surface area (Å²) in [5.74, 6) is -0.408. The van der Waals surface area contributed by atoms with Crippen LogP contribution in [0, 0.1) is 5.92 Å². The Hall–Kier alpha value is -1.14. The van der Waals surface area contributed by atoms with Crippen LogP contribution in [0.1, 0.15) is 26.2 Å². The summed E-state index contributed by atoms with van der Waals surface area (Å²) in [6, 6.07) is 0. The lowest BCUT2D eigenvalue weighted by molar-refractivity contribution is -0.138. The van der Waals surface area contributed by atoms with Crippen LogP contribution in [0.3, 0.4) is 0 Å². The van der Waals surface area contributed by atoms with E-state index in [1.54, 1.807) is 0 Å². The SMILES string of the molecule is CCC(CN)CC(=O)N1CCCN(CC(=O)O)CC1. The molecule has 1 rings (SSSR count). The molecule has 1 amide bonds. The molecule has 0 aromatic carbocycles. The van der Waals surface area contributed by atoms with Crippen LogP contribution in [-0.2, 0) is 9.59 Å². The summed E-state index contributed by atoms with van der Waals surface area (Å²) in [5.41, 5.74) is 5.62. The van der Waals surface area contributed by atoms with E-state index in [-0.39, 0.29) is 18.4 Å². The summed E-state index contributed by atoms with van der Waals surface area (Å²) in [6.07, 6.45) is 2.26. The molecule has 19 heavy (non-hydrogen) atoms. The van der Waals surface area contributed by atoms with E-state index in [0.29, 0.717) is 26.1 Å². The smallest absolute Gasteiger partial charge is 0.317 e. The summed E-state index contributed by atoms with van der Waals surface area (Å²) in [6.45, 7) is 5.36. The molecule has 1 aliphatic heterocycles. The second kappa shape index (κ2) is 8.12. The van der Waals surface area contributed by atoms with Gasteiger partial charge in [0.2, 0.25) is 5.91 Å². The Morgan fingerprint density at radius 3 is 2.58 bits per heavy atom. The number of carboxylic acid groups (broad SMARTS) is 1. The topological polar surface area (TPSA) is 86.9 Å². The summed E-state index contributed by atoms with van der Waals surface area (Å²) in [4.78, 5) is 26.6. The number of nitrogens with two attached hydrogens (primary N) is 1. The fraction of sp³-hybridized carbons (Fsp3) is 0.846. The van der Waals surface area contributed by atoms with E-state index in [2.05, 4.69) is 0 Å². The summed E-state index contributed by atoms with van der Waals surface area (Å²) >= 11 is 0. The van der Waals surface area contributed by atoms with Crippen molar-refractivity contribution >= 4 is 11.9 Å². The van der Waals surface area contributed by atoms with E-state index in [1.165, 1.54) is 0 Å². The average molecular weight is 271 g/mol. The van der Waals surface area contributed by atoms with Gasteiger partial charge in [0.15, 0.2) is 0 Å². The van der Waals surface area contributed by atoms with Gasteiger partial charge in [-0.25, -0.2) is 0 Å². The summed E-state index contributed by atoms with van der Waals surface area (Å²) in [5, 5.41) is 8.78. The van der Waals surface area contributed by atoms with Gasteiger partial charge in [-0.15, -0.1) is 0 Å². The monoisotopic (exact) mass is 271 g/mol. The molecule has 0 saturated carbocycles. The number of hydrogen-bond acceptors (Lipinski definition) is 4. The van der Waals surface area contributed by atoms with Gasteiger partial charge < -0.3 is 15.7 Å². The van der Waals surface area contributed by atoms with Crippen molar-refractivity contribution in [2.45, 2.75) is 26.2 Å². The summed E-state index contributed by atoms with van der Waals surface area (Å²) < 4.78 is 0. The van der Waals surface area contributed by atoms with E-state index in [0.717, 1.165) is 25.9 Å². The highest BCUT2D eigenvalue weighted by Gasteiger charge is 2.21. The van der Waals surface area contributed by atoms with Crippen molar-refractivity contribution in [3.05, 3.63) is 0 Å². The Kier molecular flexibility index (Phi) is 6.80. The predicted octanol–water partition coefficient (Wildman–Crippen LogP) is -0.0197. The van der Waals surface area contributed by atoms with Crippen LogP contribution in [0.15, 0.2) is 0 Å². The van der Waals surface area contributed by atoms with Gasteiger partial charge in [0.1, 0.15) is 0 Å². The van der Waals surface area contributed by atoms with Crippen LogP contribution in [0.25, 0.3) is 0 Å². The largest absolute Gasteiger partial charge is 0.480 e. The van der Waals surface area contributed by atoms with E-state index in [4.69, 9.17) is 10.8 Å². The molecule has 0 radical (unpaired) electrons. The maximum Gasteiger partial charge on any atom is 0.317 e. The van der Waals surface area contributed by atoms with Gasteiger partial charge in [-0.05, 0) is 18.9 Å². The van der Waals surface area contributed by atoms with Crippen molar-refractivity contribution in [2.24, 2.45) is 11.7 Å². The molecule has 1 heterocycles. The molecular formula is C13H25N3O3. The highest BCUT2D eigenvalue weighted by molar-refractivity contribution is 5.76. The van der Waals surface area contributed by atoms with Crippen LogP contribution >= 0.6 is 0 Å². The zero-order valence-corrected chi connectivity index (χ0v) is 11.7. The van der Waals surface area contributed by atoms with Crippen LogP contribution in [0.4, 0.5) is 0 Å². The molecule has 1 atom stereocenters. The van der Waals surface area contributed by atoms with Crippen LogP contribution in [0.5, 0.6) is 0 Å². The highest BCUT2D eigenvalue weighted by Crippen LogP contribution is 2.11. The number of aliphatic carboxylic acids is 1. The molecule has 1 aliphatic rings. The van der Waals surface area contributed by atoms with Crippen molar-refractivity contribution in [1.82, 2.24) is 9.80 Å². The van der Waals surface area contributed by atoms with Crippen molar-refractivity contribution in [1.29, 1.82) is 0 Å². The minimum absolute atomic E-state index is 0.0580.